The van der Waals surface area contributed by atoms with Gasteiger partial charge in [0.2, 0.25) is 0 Å². The minimum Gasteiger partial charge on any atom is -0.483 e. The molecule has 0 saturated carbocycles. The molecule has 0 heterocycles. The zero-order valence-corrected chi connectivity index (χ0v) is 12.0. The van der Waals surface area contributed by atoms with Gasteiger partial charge in [0.25, 0.3) is 5.91 Å². The zero-order valence-electron chi connectivity index (χ0n) is 12.0. The minimum absolute atomic E-state index is 0.00500. The summed E-state index contributed by atoms with van der Waals surface area (Å²) in [6.45, 7) is 3.36. The van der Waals surface area contributed by atoms with E-state index in [0.29, 0.717) is 0 Å². The normalized spacial score (nSPS) is 11.5. The smallest absolute Gasteiger partial charge is 0.420 e. The fourth-order valence-electron chi connectivity index (χ4n) is 1.80. The van der Waals surface area contributed by atoms with Crippen molar-refractivity contribution in [3.05, 3.63) is 23.8 Å². The van der Waals surface area contributed by atoms with Crippen molar-refractivity contribution in [2.75, 3.05) is 12.3 Å². The Kier molecular flexibility index (Phi) is 5.87. The highest BCUT2D eigenvalue weighted by Gasteiger charge is 2.34. The van der Waals surface area contributed by atoms with E-state index < -0.39 is 30.0 Å². The first kappa shape index (κ1) is 17.1. The number of halogens is 3. The van der Waals surface area contributed by atoms with Gasteiger partial charge in [-0.1, -0.05) is 13.8 Å². The monoisotopic (exact) mass is 304 g/mol. The second-order valence-corrected chi connectivity index (χ2v) is 4.62. The molecule has 1 rings (SSSR count). The van der Waals surface area contributed by atoms with Crippen molar-refractivity contribution < 1.29 is 22.7 Å². The Balaban J connectivity index is 2.74. The van der Waals surface area contributed by atoms with Crippen molar-refractivity contribution in [3.8, 4) is 5.75 Å². The standard InChI is InChI=1S/C14H19F3N2O2/c1-3-10(4-2)19-13(20)8-21-12-6-5-9(18)7-11(12)14(15,16)17/h5-7,10H,3-4,8,18H2,1-2H3,(H,19,20). The third kappa shape index (κ3) is 5.17. The van der Waals surface area contributed by atoms with E-state index in [-0.39, 0.29) is 11.7 Å². The Morgan fingerprint density at radius 3 is 2.48 bits per heavy atom. The summed E-state index contributed by atoms with van der Waals surface area (Å²) in [5.74, 6) is -0.856. The van der Waals surface area contributed by atoms with Gasteiger partial charge in [0.1, 0.15) is 5.75 Å². The SMILES string of the molecule is CCC(CC)NC(=O)COc1ccc(N)cc1C(F)(F)F. The third-order valence-corrected chi connectivity index (χ3v) is 3.02. The summed E-state index contributed by atoms with van der Waals surface area (Å²) in [4.78, 5) is 11.6. The van der Waals surface area contributed by atoms with Gasteiger partial charge in [-0.2, -0.15) is 13.2 Å². The van der Waals surface area contributed by atoms with Crippen LogP contribution in [-0.4, -0.2) is 18.6 Å². The Labute approximate surface area is 121 Å². The first-order chi connectivity index (χ1) is 9.77. The number of ether oxygens (including phenoxy) is 1. The molecule has 0 aliphatic carbocycles. The molecule has 21 heavy (non-hydrogen) atoms. The van der Waals surface area contributed by atoms with E-state index in [1.165, 1.54) is 6.07 Å². The van der Waals surface area contributed by atoms with Crippen LogP contribution in [0.2, 0.25) is 0 Å². The molecule has 7 heteroatoms. The van der Waals surface area contributed by atoms with Gasteiger partial charge in [-0.15, -0.1) is 0 Å². The molecule has 1 aromatic rings. The highest BCUT2D eigenvalue weighted by molar-refractivity contribution is 5.77. The molecule has 0 fully saturated rings. The highest BCUT2D eigenvalue weighted by atomic mass is 19.4. The van der Waals surface area contributed by atoms with Crippen LogP contribution in [0.5, 0.6) is 5.75 Å². The van der Waals surface area contributed by atoms with Crippen molar-refractivity contribution in [1.29, 1.82) is 0 Å². The number of nitrogens with one attached hydrogen (secondary N) is 1. The molecule has 0 aliphatic heterocycles. The van der Waals surface area contributed by atoms with Crippen LogP contribution < -0.4 is 15.8 Å². The third-order valence-electron chi connectivity index (χ3n) is 3.02. The van der Waals surface area contributed by atoms with Crippen LogP contribution in [-0.2, 0) is 11.0 Å². The number of amides is 1. The van der Waals surface area contributed by atoms with Crippen molar-refractivity contribution in [1.82, 2.24) is 5.32 Å². The van der Waals surface area contributed by atoms with Crippen molar-refractivity contribution in [3.63, 3.8) is 0 Å². The molecule has 0 aromatic heterocycles. The summed E-state index contributed by atoms with van der Waals surface area (Å²) >= 11 is 0. The van der Waals surface area contributed by atoms with Crippen molar-refractivity contribution in [2.24, 2.45) is 0 Å². The molecular formula is C14H19F3N2O2. The lowest BCUT2D eigenvalue weighted by Gasteiger charge is -2.17. The summed E-state index contributed by atoms with van der Waals surface area (Å²) in [5.41, 5.74) is 4.34. The number of alkyl halides is 3. The van der Waals surface area contributed by atoms with Crippen LogP contribution in [0.3, 0.4) is 0 Å². The molecule has 0 bridgehead atoms. The number of benzene rings is 1. The molecule has 0 spiro atoms. The average molecular weight is 304 g/mol. The van der Waals surface area contributed by atoms with Gasteiger partial charge < -0.3 is 15.8 Å². The number of carbonyl (C=O) groups is 1. The molecule has 0 unspecified atom stereocenters. The fraction of sp³-hybridized carbons (Fsp3) is 0.500. The predicted molar refractivity (Wildman–Crippen MR) is 73.9 cm³/mol. The van der Waals surface area contributed by atoms with Crippen LogP contribution in [0, 0.1) is 0 Å². The number of nitrogen functional groups attached to an aromatic ring is 1. The van der Waals surface area contributed by atoms with Crippen LogP contribution in [0.1, 0.15) is 32.3 Å². The largest absolute Gasteiger partial charge is 0.483 e. The Morgan fingerprint density at radius 2 is 1.95 bits per heavy atom. The summed E-state index contributed by atoms with van der Waals surface area (Å²) in [7, 11) is 0. The van der Waals surface area contributed by atoms with Crippen LogP contribution in [0.15, 0.2) is 18.2 Å². The summed E-state index contributed by atoms with van der Waals surface area (Å²) in [6, 6.07) is 3.19. The predicted octanol–water partition coefficient (Wildman–Crippen LogP) is 2.97. The molecule has 4 nitrogen and oxygen atoms in total. The lowest BCUT2D eigenvalue weighted by atomic mass is 10.1. The second-order valence-electron chi connectivity index (χ2n) is 4.62. The Morgan fingerprint density at radius 1 is 1.33 bits per heavy atom. The quantitative estimate of drug-likeness (QED) is 0.794. The first-order valence-electron chi connectivity index (χ1n) is 6.66. The molecule has 1 aromatic carbocycles. The second kappa shape index (κ2) is 7.19. The van der Waals surface area contributed by atoms with E-state index in [4.69, 9.17) is 10.5 Å². The molecule has 0 saturated heterocycles. The Hall–Kier alpha value is -1.92. The topological polar surface area (TPSA) is 64.3 Å². The van der Waals surface area contributed by atoms with Gasteiger partial charge in [0.05, 0.1) is 5.56 Å². The number of anilines is 1. The lowest BCUT2D eigenvalue weighted by molar-refractivity contribution is -0.139. The number of carbonyl (C=O) groups excluding carboxylic acids is 1. The van der Waals surface area contributed by atoms with Gasteiger partial charge in [-0.05, 0) is 31.0 Å². The molecule has 3 N–H and O–H groups in total. The number of hydrogen-bond acceptors (Lipinski definition) is 3. The molecule has 0 atom stereocenters. The molecular weight excluding hydrogens is 285 g/mol. The van der Waals surface area contributed by atoms with Crippen LogP contribution in [0.25, 0.3) is 0 Å². The Bertz CT molecular complexity index is 486. The molecule has 0 radical (unpaired) electrons. The van der Waals surface area contributed by atoms with Crippen molar-refractivity contribution >= 4 is 11.6 Å². The number of nitrogens with two attached hydrogens (primary N) is 1. The zero-order chi connectivity index (χ0) is 16.0. The van der Waals surface area contributed by atoms with Gasteiger partial charge in [0.15, 0.2) is 6.61 Å². The maximum atomic E-state index is 12.8. The number of rotatable bonds is 6. The number of hydrogen-bond donors (Lipinski definition) is 2. The van der Waals surface area contributed by atoms with Crippen LogP contribution in [0.4, 0.5) is 18.9 Å². The average Bonchev–Trinajstić information content (AvgIpc) is 2.42. The van der Waals surface area contributed by atoms with Gasteiger partial charge in [-0.3, -0.25) is 4.79 Å². The maximum Gasteiger partial charge on any atom is 0.420 e. The van der Waals surface area contributed by atoms with Gasteiger partial charge in [0, 0.05) is 11.7 Å². The van der Waals surface area contributed by atoms with Gasteiger partial charge in [-0.25, -0.2) is 0 Å². The fourth-order valence-corrected chi connectivity index (χ4v) is 1.80. The first-order valence-corrected chi connectivity index (χ1v) is 6.66. The maximum absolute atomic E-state index is 12.8. The summed E-state index contributed by atoms with van der Waals surface area (Å²) in [6.07, 6.45) is -3.09. The summed E-state index contributed by atoms with van der Waals surface area (Å²) in [5, 5.41) is 2.69. The molecule has 0 aliphatic rings. The minimum atomic E-state index is -4.59. The molecule has 1 amide bonds. The van der Waals surface area contributed by atoms with E-state index in [2.05, 4.69) is 5.32 Å². The van der Waals surface area contributed by atoms with E-state index in [1.54, 1.807) is 0 Å². The van der Waals surface area contributed by atoms with Crippen molar-refractivity contribution in [2.45, 2.75) is 38.9 Å². The van der Waals surface area contributed by atoms with E-state index in [9.17, 15) is 18.0 Å². The van der Waals surface area contributed by atoms with E-state index in [0.717, 1.165) is 25.0 Å². The van der Waals surface area contributed by atoms with Gasteiger partial charge >= 0.3 is 6.18 Å². The lowest BCUT2D eigenvalue weighted by Crippen LogP contribution is -2.37. The van der Waals surface area contributed by atoms with Crippen LogP contribution >= 0.6 is 0 Å². The van der Waals surface area contributed by atoms with E-state index >= 15 is 0 Å². The molecule has 118 valence electrons. The van der Waals surface area contributed by atoms with E-state index in [1.807, 2.05) is 13.8 Å². The highest BCUT2D eigenvalue weighted by Crippen LogP contribution is 2.37. The summed E-state index contributed by atoms with van der Waals surface area (Å²) < 4.78 is 43.5.